The van der Waals surface area contributed by atoms with Crippen molar-refractivity contribution in [2.24, 2.45) is 5.11 Å². The molecule has 0 saturated heterocycles. The largest absolute Gasteiger partial charge is 0.210 e. The van der Waals surface area contributed by atoms with Crippen molar-refractivity contribution in [2.45, 2.75) is 12.2 Å². The Bertz CT molecular complexity index is 44.1. The third-order valence-corrected chi connectivity index (χ3v) is 0.519. The molecule has 1 unspecified atom stereocenters. The van der Waals surface area contributed by atoms with E-state index in [1.165, 1.54) is 0 Å². The molecule has 0 aliphatic heterocycles. The zero-order valence-electron chi connectivity index (χ0n) is 3.68. The van der Waals surface area contributed by atoms with Gasteiger partial charge >= 0.3 is 0 Å². The first-order valence-electron chi connectivity index (χ1n) is 1.78. The molecule has 1 N–H and O–H groups in total. The number of hydrogen-bond donors (Lipinski definition) is 2. The van der Waals surface area contributed by atoms with Crippen LogP contribution in [0.5, 0.6) is 0 Å². The maximum Gasteiger partial charge on any atom is 0.0709 e. The van der Waals surface area contributed by atoms with Gasteiger partial charge in [-0.1, -0.05) is 6.92 Å². The molecule has 0 aliphatic rings. The van der Waals surface area contributed by atoms with Crippen LogP contribution in [0, 0.1) is 5.53 Å². The van der Waals surface area contributed by atoms with Gasteiger partial charge in [0.25, 0.3) is 0 Å². The molecule has 6 heavy (non-hydrogen) atoms. The molecule has 1 atom stereocenters. The molecule has 0 saturated carbocycles. The minimum Gasteiger partial charge on any atom is -0.210 e. The maximum absolute atomic E-state index is 6.31. The van der Waals surface area contributed by atoms with Crippen LogP contribution in [0.3, 0.4) is 0 Å². The number of rotatable bonds is 2. The van der Waals surface area contributed by atoms with Crippen LogP contribution >= 0.6 is 12.6 Å². The Hall–Kier alpha value is -0.0500. The van der Waals surface area contributed by atoms with Crippen LogP contribution in [-0.2, 0) is 0 Å². The van der Waals surface area contributed by atoms with Crippen molar-refractivity contribution >= 4 is 12.6 Å². The Morgan fingerprint density at radius 2 is 2.50 bits per heavy atom. The molecule has 0 aromatic rings. The summed E-state index contributed by atoms with van der Waals surface area (Å²) < 4.78 is 0. The van der Waals surface area contributed by atoms with Gasteiger partial charge in [-0.25, -0.2) is 5.53 Å². The number of nitrogens with one attached hydrogen (secondary N) is 1. The van der Waals surface area contributed by atoms with E-state index in [0.29, 0.717) is 6.54 Å². The minimum atomic E-state index is 0.238. The fraction of sp³-hybridized carbons (Fsp3) is 1.00. The van der Waals surface area contributed by atoms with E-state index in [1.807, 2.05) is 6.92 Å². The van der Waals surface area contributed by atoms with Crippen LogP contribution in [0.2, 0.25) is 0 Å². The normalized spacial score (nSPS) is 13.7. The van der Waals surface area contributed by atoms with Crippen LogP contribution in [0.1, 0.15) is 6.92 Å². The molecule has 0 bridgehead atoms. The lowest BCUT2D eigenvalue weighted by molar-refractivity contribution is 0.862. The van der Waals surface area contributed by atoms with E-state index in [4.69, 9.17) is 5.53 Å². The second-order valence-corrected chi connectivity index (χ2v) is 2.07. The molecular weight excluding hydrogens is 96.1 g/mol. The van der Waals surface area contributed by atoms with E-state index in [-0.39, 0.29) is 5.25 Å². The van der Waals surface area contributed by atoms with E-state index < -0.39 is 0 Å². The summed E-state index contributed by atoms with van der Waals surface area (Å²) in [6.45, 7) is 2.43. The van der Waals surface area contributed by atoms with Crippen LogP contribution in [0.25, 0.3) is 0 Å². The molecule has 0 fully saturated rings. The van der Waals surface area contributed by atoms with Gasteiger partial charge in [-0.15, -0.1) is 0 Å². The van der Waals surface area contributed by atoms with Gasteiger partial charge in [-0.2, -0.15) is 17.7 Å². The van der Waals surface area contributed by atoms with Crippen molar-refractivity contribution in [1.29, 1.82) is 5.53 Å². The van der Waals surface area contributed by atoms with E-state index in [2.05, 4.69) is 17.7 Å². The highest BCUT2D eigenvalue weighted by atomic mass is 32.1. The summed E-state index contributed by atoms with van der Waals surface area (Å²) in [4.78, 5) is 0. The first kappa shape index (κ1) is 5.95. The summed E-state index contributed by atoms with van der Waals surface area (Å²) in [6.07, 6.45) is 0. The van der Waals surface area contributed by atoms with Gasteiger partial charge in [0, 0.05) is 5.25 Å². The molecule has 0 radical (unpaired) electrons. The van der Waals surface area contributed by atoms with Crippen LogP contribution in [-0.4, -0.2) is 11.8 Å². The van der Waals surface area contributed by atoms with Crippen molar-refractivity contribution < 1.29 is 0 Å². The van der Waals surface area contributed by atoms with Crippen molar-refractivity contribution in [3.05, 3.63) is 0 Å². The average Bonchev–Trinajstić information content (AvgIpc) is 1.35. The van der Waals surface area contributed by atoms with E-state index in [0.717, 1.165) is 0 Å². The van der Waals surface area contributed by atoms with Crippen LogP contribution in [0.15, 0.2) is 5.11 Å². The molecule has 0 rings (SSSR count). The number of thiol groups is 1. The Kier molecular flexibility index (Phi) is 3.13. The third-order valence-electron chi connectivity index (χ3n) is 0.356. The summed E-state index contributed by atoms with van der Waals surface area (Å²) in [5, 5.41) is 3.35. The van der Waals surface area contributed by atoms with Crippen molar-refractivity contribution in [2.75, 3.05) is 6.54 Å². The van der Waals surface area contributed by atoms with Gasteiger partial charge in [-0.05, 0) is 0 Å². The second-order valence-electron chi connectivity index (χ2n) is 1.19. The molecule has 0 amide bonds. The summed E-state index contributed by atoms with van der Waals surface area (Å²) in [5.74, 6) is 0. The summed E-state index contributed by atoms with van der Waals surface area (Å²) in [7, 11) is 0. The first-order chi connectivity index (χ1) is 2.77. The quantitative estimate of drug-likeness (QED) is 0.392. The topological polar surface area (TPSA) is 36.2 Å². The highest BCUT2D eigenvalue weighted by Crippen LogP contribution is 1.89. The van der Waals surface area contributed by atoms with Crippen LogP contribution < -0.4 is 0 Å². The first-order valence-corrected chi connectivity index (χ1v) is 2.30. The van der Waals surface area contributed by atoms with E-state index >= 15 is 0 Å². The van der Waals surface area contributed by atoms with Gasteiger partial charge < -0.3 is 0 Å². The Balaban J connectivity index is 2.81. The molecule has 0 heterocycles. The molecule has 0 aromatic heterocycles. The van der Waals surface area contributed by atoms with Crippen LogP contribution in [0.4, 0.5) is 0 Å². The van der Waals surface area contributed by atoms with Crippen molar-refractivity contribution in [3.8, 4) is 0 Å². The SMILES string of the molecule is CC(S)CN=N. The lowest BCUT2D eigenvalue weighted by Gasteiger charge is -1.90. The van der Waals surface area contributed by atoms with E-state index in [9.17, 15) is 0 Å². The van der Waals surface area contributed by atoms with Gasteiger partial charge in [0.15, 0.2) is 0 Å². The predicted octanol–water partition coefficient (Wildman–Crippen LogP) is 1.34. The fourth-order valence-electron chi connectivity index (χ4n) is 0.132. The Morgan fingerprint density at radius 3 is 2.50 bits per heavy atom. The molecule has 0 aromatic carbocycles. The zero-order valence-corrected chi connectivity index (χ0v) is 4.57. The third kappa shape index (κ3) is 3.95. The van der Waals surface area contributed by atoms with Crippen molar-refractivity contribution in [1.82, 2.24) is 0 Å². The number of nitrogens with zero attached hydrogens (tertiary/aromatic N) is 1. The summed E-state index contributed by atoms with van der Waals surface area (Å²) >= 11 is 3.96. The lowest BCUT2D eigenvalue weighted by Crippen LogP contribution is -1.92. The van der Waals surface area contributed by atoms with Crippen molar-refractivity contribution in [3.63, 3.8) is 0 Å². The van der Waals surface area contributed by atoms with E-state index in [1.54, 1.807) is 0 Å². The Morgan fingerprint density at radius 1 is 2.00 bits per heavy atom. The van der Waals surface area contributed by atoms with Gasteiger partial charge in [-0.3, -0.25) is 0 Å². The monoisotopic (exact) mass is 104 g/mol. The average molecular weight is 104 g/mol. The molecule has 36 valence electrons. The standard InChI is InChI=1S/C3H8N2S/c1-3(6)2-5-4/h3-4,6H,2H2,1H3. The highest BCUT2D eigenvalue weighted by molar-refractivity contribution is 7.80. The smallest absolute Gasteiger partial charge is 0.0709 e. The van der Waals surface area contributed by atoms with Gasteiger partial charge in [0.05, 0.1) is 6.54 Å². The maximum atomic E-state index is 6.31. The molecular formula is C3H8N2S. The second kappa shape index (κ2) is 3.15. The molecule has 0 aliphatic carbocycles. The molecule has 0 spiro atoms. The highest BCUT2D eigenvalue weighted by Gasteiger charge is 1.85. The predicted molar refractivity (Wildman–Crippen MR) is 28.5 cm³/mol. The zero-order chi connectivity index (χ0) is 4.99. The number of hydrogen-bond acceptors (Lipinski definition) is 3. The summed E-state index contributed by atoms with van der Waals surface area (Å²) in [5.41, 5.74) is 6.31. The Labute approximate surface area is 42.9 Å². The minimum absolute atomic E-state index is 0.238. The lowest BCUT2D eigenvalue weighted by atomic mass is 10.5. The molecule has 2 nitrogen and oxygen atoms in total. The van der Waals surface area contributed by atoms with Gasteiger partial charge in [0.1, 0.15) is 0 Å². The summed E-state index contributed by atoms with van der Waals surface area (Å²) in [6, 6.07) is 0. The fourth-order valence-corrected chi connectivity index (χ4v) is 0.214. The molecule has 3 heteroatoms. The van der Waals surface area contributed by atoms with Gasteiger partial charge in [0.2, 0.25) is 0 Å².